The smallest absolute Gasteiger partial charge is 0.0468 e. The molecular weight excluding hydrogens is 217 g/mol. The third-order valence-corrected chi connectivity index (χ3v) is 2.57. The van der Waals surface area contributed by atoms with E-state index < -0.39 is 0 Å². The number of benzene rings is 1. The Bertz CT molecular complexity index is 310. The molecule has 1 aromatic carbocycles. The molecule has 1 aromatic rings. The molecule has 14 heavy (non-hydrogen) atoms. The van der Waals surface area contributed by atoms with Crippen LogP contribution in [-0.4, -0.2) is 6.04 Å². The summed E-state index contributed by atoms with van der Waals surface area (Å²) < 4.78 is 0. The lowest BCUT2D eigenvalue weighted by Crippen LogP contribution is -2.26. The second-order valence-electron chi connectivity index (χ2n) is 3.71. The Balaban J connectivity index is 2.84. The Morgan fingerprint density at radius 3 is 2.29 bits per heavy atom. The number of hydrogen-bond acceptors (Lipinski definition) is 1. The van der Waals surface area contributed by atoms with E-state index in [9.17, 15) is 0 Å². The van der Waals surface area contributed by atoms with Crippen molar-refractivity contribution in [2.24, 2.45) is 0 Å². The lowest BCUT2D eigenvalue weighted by molar-refractivity contribution is 0.506. The molecule has 1 nitrogen and oxygen atoms in total. The molecule has 0 radical (unpaired) electrons. The fourth-order valence-corrected chi connectivity index (χ4v) is 2.01. The molecule has 1 N–H and O–H groups in total. The molecule has 3 heteroatoms. The zero-order valence-corrected chi connectivity index (χ0v) is 10.2. The first kappa shape index (κ1) is 11.8. The van der Waals surface area contributed by atoms with Crippen LogP contribution >= 0.6 is 23.2 Å². The van der Waals surface area contributed by atoms with Crippen LogP contribution in [0.3, 0.4) is 0 Å². The first-order valence-corrected chi connectivity index (χ1v) is 5.47. The van der Waals surface area contributed by atoms with Crippen LogP contribution in [0.1, 0.15) is 32.4 Å². The van der Waals surface area contributed by atoms with Crippen molar-refractivity contribution in [2.75, 3.05) is 0 Å². The monoisotopic (exact) mass is 231 g/mol. The molecule has 0 bridgehead atoms. The predicted octanol–water partition coefficient (Wildman–Crippen LogP) is 4.05. The van der Waals surface area contributed by atoms with E-state index in [1.54, 1.807) is 6.07 Å². The summed E-state index contributed by atoms with van der Waals surface area (Å²) in [5.74, 6) is 0. The lowest BCUT2D eigenvalue weighted by Gasteiger charge is -2.18. The number of hydrogen-bond donors (Lipinski definition) is 1. The summed E-state index contributed by atoms with van der Waals surface area (Å²) >= 11 is 11.9. The highest BCUT2D eigenvalue weighted by molar-refractivity contribution is 6.35. The van der Waals surface area contributed by atoms with Gasteiger partial charge in [0.15, 0.2) is 0 Å². The Morgan fingerprint density at radius 1 is 1.14 bits per heavy atom. The van der Waals surface area contributed by atoms with Crippen LogP contribution in [0.15, 0.2) is 18.2 Å². The van der Waals surface area contributed by atoms with Gasteiger partial charge in [0.2, 0.25) is 0 Å². The topological polar surface area (TPSA) is 12.0 Å². The van der Waals surface area contributed by atoms with Crippen molar-refractivity contribution in [3.63, 3.8) is 0 Å². The summed E-state index contributed by atoms with van der Waals surface area (Å²) in [4.78, 5) is 0. The average molecular weight is 232 g/mol. The van der Waals surface area contributed by atoms with Gasteiger partial charge in [-0.05, 0) is 24.6 Å². The van der Waals surface area contributed by atoms with Gasteiger partial charge in [-0.1, -0.05) is 43.1 Å². The van der Waals surface area contributed by atoms with E-state index in [2.05, 4.69) is 26.1 Å². The van der Waals surface area contributed by atoms with Crippen molar-refractivity contribution >= 4 is 23.2 Å². The largest absolute Gasteiger partial charge is 0.308 e. The van der Waals surface area contributed by atoms with Crippen LogP contribution in [-0.2, 0) is 0 Å². The maximum Gasteiger partial charge on any atom is 0.0468 e. The van der Waals surface area contributed by atoms with Crippen LogP contribution < -0.4 is 5.32 Å². The quantitative estimate of drug-likeness (QED) is 0.828. The molecule has 0 aliphatic rings. The van der Waals surface area contributed by atoms with E-state index in [4.69, 9.17) is 23.2 Å². The molecule has 0 fully saturated rings. The highest BCUT2D eigenvalue weighted by Gasteiger charge is 2.10. The summed E-state index contributed by atoms with van der Waals surface area (Å²) in [6.45, 7) is 6.32. The van der Waals surface area contributed by atoms with Crippen molar-refractivity contribution in [1.29, 1.82) is 0 Å². The standard InChI is InChI=1S/C11H15Cl2N/c1-7(2)14-8(3)10-5-4-9(12)6-11(10)13/h4-8,14H,1-3H3/t8-/m1/s1. The molecule has 0 amide bonds. The third-order valence-electron chi connectivity index (χ3n) is 2.01. The molecule has 1 atom stereocenters. The molecule has 0 spiro atoms. The van der Waals surface area contributed by atoms with Gasteiger partial charge in [-0.15, -0.1) is 0 Å². The van der Waals surface area contributed by atoms with E-state index >= 15 is 0 Å². The molecule has 0 aliphatic heterocycles. The van der Waals surface area contributed by atoms with Gasteiger partial charge in [0.1, 0.15) is 0 Å². The van der Waals surface area contributed by atoms with Crippen molar-refractivity contribution in [3.05, 3.63) is 33.8 Å². The van der Waals surface area contributed by atoms with Crippen LogP contribution in [0.5, 0.6) is 0 Å². The van der Waals surface area contributed by atoms with E-state index in [1.807, 2.05) is 12.1 Å². The van der Waals surface area contributed by atoms with Crippen LogP contribution in [0, 0.1) is 0 Å². The molecule has 78 valence electrons. The van der Waals surface area contributed by atoms with Gasteiger partial charge < -0.3 is 5.32 Å². The molecular formula is C11H15Cl2N. The normalized spacial score (nSPS) is 13.3. The van der Waals surface area contributed by atoms with E-state index in [0.29, 0.717) is 11.1 Å². The van der Waals surface area contributed by atoms with Crippen LogP contribution in [0.2, 0.25) is 10.0 Å². The number of nitrogens with one attached hydrogen (secondary N) is 1. The van der Waals surface area contributed by atoms with Crippen molar-refractivity contribution in [1.82, 2.24) is 5.32 Å². The molecule has 0 saturated carbocycles. The highest BCUT2D eigenvalue weighted by Crippen LogP contribution is 2.26. The minimum atomic E-state index is 0.250. The summed E-state index contributed by atoms with van der Waals surface area (Å²) in [6, 6.07) is 6.29. The van der Waals surface area contributed by atoms with Crippen molar-refractivity contribution in [3.8, 4) is 0 Å². The van der Waals surface area contributed by atoms with Gasteiger partial charge in [0.25, 0.3) is 0 Å². The first-order chi connectivity index (χ1) is 6.50. The van der Waals surface area contributed by atoms with Gasteiger partial charge in [0.05, 0.1) is 0 Å². The Morgan fingerprint density at radius 2 is 1.79 bits per heavy atom. The van der Waals surface area contributed by atoms with Gasteiger partial charge in [0, 0.05) is 22.1 Å². The summed E-state index contributed by atoms with van der Waals surface area (Å²) in [6.07, 6.45) is 0. The average Bonchev–Trinajstić information content (AvgIpc) is 2.01. The van der Waals surface area contributed by atoms with E-state index in [0.717, 1.165) is 10.6 Å². The zero-order chi connectivity index (χ0) is 10.7. The fraction of sp³-hybridized carbons (Fsp3) is 0.455. The second kappa shape index (κ2) is 5.01. The Labute approximate surface area is 95.4 Å². The van der Waals surface area contributed by atoms with E-state index in [-0.39, 0.29) is 6.04 Å². The zero-order valence-electron chi connectivity index (χ0n) is 8.64. The SMILES string of the molecule is CC(C)N[C@H](C)c1ccc(Cl)cc1Cl. The number of halogens is 2. The minimum Gasteiger partial charge on any atom is -0.308 e. The maximum atomic E-state index is 6.08. The summed E-state index contributed by atoms with van der Waals surface area (Å²) in [5.41, 5.74) is 1.09. The summed E-state index contributed by atoms with van der Waals surface area (Å²) in [7, 11) is 0. The lowest BCUT2D eigenvalue weighted by atomic mass is 10.1. The first-order valence-electron chi connectivity index (χ1n) is 4.71. The Kier molecular flexibility index (Phi) is 4.24. The van der Waals surface area contributed by atoms with Gasteiger partial charge in [-0.3, -0.25) is 0 Å². The molecule has 1 rings (SSSR count). The minimum absolute atomic E-state index is 0.250. The third kappa shape index (κ3) is 3.16. The molecule has 0 unspecified atom stereocenters. The molecule has 0 aliphatic carbocycles. The van der Waals surface area contributed by atoms with Crippen molar-refractivity contribution in [2.45, 2.75) is 32.9 Å². The van der Waals surface area contributed by atoms with Crippen molar-refractivity contribution < 1.29 is 0 Å². The van der Waals surface area contributed by atoms with Gasteiger partial charge >= 0.3 is 0 Å². The highest BCUT2D eigenvalue weighted by atomic mass is 35.5. The molecule has 0 aromatic heterocycles. The maximum absolute atomic E-state index is 6.08. The van der Waals surface area contributed by atoms with Crippen LogP contribution in [0.4, 0.5) is 0 Å². The van der Waals surface area contributed by atoms with Gasteiger partial charge in [-0.2, -0.15) is 0 Å². The molecule has 0 heterocycles. The van der Waals surface area contributed by atoms with Crippen LogP contribution in [0.25, 0.3) is 0 Å². The number of rotatable bonds is 3. The molecule has 0 saturated heterocycles. The van der Waals surface area contributed by atoms with E-state index in [1.165, 1.54) is 0 Å². The summed E-state index contributed by atoms with van der Waals surface area (Å²) in [5, 5.41) is 4.79. The Hall–Kier alpha value is -0.240. The predicted molar refractivity (Wildman–Crippen MR) is 63.1 cm³/mol. The fourth-order valence-electron chi connectivity index (χ4n) is 1.44. The second-order valence-corrected chi connectivity index (χ2v) is 4.55. The van der Waals surface area contributed by atoms with Gasteiger partial charge in [-0.25, -0.2) is 0 Å².